The van der Waals surface area contributed by atoms with Gasteiger partial charge in [-0.1, -0.05) is 12.1 Å². The van der Waals surface area contributed by atoms with Crippen LogP contribution in [0.4, 0.5) is 5.82 Å². The highest BCUT2D eigenvalue weighted by Crippen LogP contribution is 2.40. The number of nitrogens with two attached hydrogens (primary N) is 1. The van der Waals surface area contributed by atoms with Crippen LogP contribution in [0.1, 0.15) is 30.1 Å². The number of ether oxygens (including phenoxy) is 2. The fourth-order valence-corrected chi connectivity index (χ4v) is 1.96. The number of aromatic nitrogens is 2. The fourth-order valence-electron chi connectivity index (χ4n) is 1.96. The summed E-state index contributed by atoms with van der Waals surface area (Å²) in [5.41, 5.74) is 6.70. The zero-order valence-corrected chi connectivity index (χ0v) is 11.6. The van der Waals surface area contributed by atoms with Gasteiger partial charge in [-0.05, 0) is 31.9 Å². The molecule has 1 saturated carbocycles. The summed E-state index contributed by atoms with van der Waals surface area (Å²) in [6.45, 7) is 1.86. The average Bonchev–Trinajstić information content (AvgIpc) is 3.28. The lowest BCUT2D eigenvalue weighted by Crippen LogP contribution is -2.04. The number of hydrogen-bond acceptors (Lipinski definition) is 5. The van der Waals surface area contributed by atoms with Gasteiger partial charge in [0.2, 0.25) is 5.88 Å². The van der Waals surface area contributed by atoms with Crippen molar-refractivity contribution in [1.82, 2.24) is 9.97 Å². The molecule has 0 aliphatic heterocycles. The van der Waals surface area contributed by atoms with Crippen molar-refractivity contribution in [3.8, 4) is 17.4 Å². The van der Waals surface area contributed by atoms with Crippen LogP contribution < -0.4 is 15.2 Å². The zero-order chi connectivity index (χ0) is 14.1. The van der Waals surface area contributed by atoms with Crippen molar-refractivity contribution in [2.45, 2.75) is 25.7 Å². The molecule has 3 rings (SSSR count). The van der Waals surface area contributed by atoms with Gasteiger partial charge in [0.15, 0.2) is 11.5 Å². The van der Waals surface area contributed by atoms with E-state index in [1.165, 1.54) is 0 Å². The van der Waals surface area contributed by atoms with Crippen LogP contribution in [0.3, 0.4) is 0 Å². The molecule has 1 aliphatic rings. The van der Waals surface area contributed by atoms with Crippen molar-refractivity contribution >= 4 is 5.82 Å². The van der Waals surface area contributed by atoms with Crippen LogP contribution >= 0.6 is 0 Å². The number of anilines is 1. The summed E-state index contributed by atoms with van der Waals surface area (Å²) in [6.07, 6.45) is 2.24. The van der Waals surface area contributed by atoms with Gasteiger partial charge in [-0.2, -0.15) is 4.98 Å². The van der Waals surface area contributed by atoms with Crippen molar-refractivity contribution in [2.75, 3.05) is 12.8 Å². The second-order valence-corrected chi connectivity index (χ2v) is 4.92. The van der Waals surface area contributed by atoms with Crippen LogP contribution in [0.5, 0.6) is 17.4 Å². The van der Waals surface area contributed by atoms with Gasteiger partial charge in [-0.25, -0.2) is 4.98 Å². The summed E-state index contributed by atoms with van der Waals surface area (Å²) in [6, 6.07) is 7.46. The fraction of sp³-hybridized carbons (Fsp3) is 0.333. The molecule has 0 saturated heterocycles. The van der Waals surface area contributed by atoms with Crippen molar-refractivity contribution in [3.63, 3.8) is 0 Å². The molecule has 0 radical (unpaired) electrons. The Morgan fingerprint density at radius 1 is 1.15 bits per heavy atom. The van der Waals surface area contributed by atoms with E-state index in [-0.39, 0.29) is 0 Å². The maximum absolute atomic E-state index is 5.95. The van der Waals surface area contributed by atoms with Crippen molar-refractivity contribution in [2.24, 2.45) is 0 Å². The smallest absolute Gasteiger partial charge is 0.227 e. The third-order valence-corrected chi connectivity index (χ3v) is 3.37. The maximum atomic E-state index is 5.95. The zero-order valence-electron chi connectivity index (χ0n) is 11.6. The predicted octanol–water partition coefficient (Wildman–Crippen LogP) is 3.05. The molecule has 0 spiro atoms. The van der Waals surface area contributed by atoms with E-state index < -0.39 is 0 Å². The first-order valence-corrected chi connectivity index (χ1v) is 6.64. The maximum Gasteiger partial charge on any atom is 0.227 e. The molecule has 1 aromatic heterocycles. The molecule has 1 aromatic carbocycles. The molecule has 0 amide bonds. The standard InChI is InChI=1S/C15H17N3O2/c1-9-13(16)17-14(10-7-8-10)18-15(9)20-12-6-4-3-5-11(12)19-2/h3-6,10H,7-8H2,1-2H3,(H2,16,17,18). The third-order valence-electron chi connectivity index (χ3n) is 3.37. The second-order valence-electron chi connectivity index (χ2n) is 4.92. The van der Waals surface area contributed by atoms with Crippen molar-refractivity contribution in [1.29, 1.82) is 0 Å². The van der Waals surface area contributed by atoms with E-state index >= 15 is 0 Å². The molecule has 20 heavy (non-hydrogen) atoms. The summed E-state index contributed by atoms with van der Waals surface area (Å²) in [5.74, 6) is 3.47. The van der Waals surface area contributed by atoms with Gasteiger partial charge in [-0.3, -0.25) is 0 Å². The summed E-state index contributed by atoms with van der Waals surface area (Å²) >= 11 is 0. The summed E-state index contributed by atoms with van der Waals surface area (Å²) in [4.78, 5) is 8.83. The van der Waals surface area contributed by atoms with E-state index in [2.05, 4.69) is 9.97 Å². The Kier molecular flexibility index (Phi) is 3.18. The normalized spacial score (nSPS) is 14.1. The lowest BCUT2D eigenvalue weighted by Gasteiger charge is -2.13. The van der Waals surface area contributed by atoms with Crippen LogP contribution in [0.2, 0.25) is 0 Å². The highest BCUT2D eigenvalue weighted by Gasteiger charge is 2.28. The molecular weight excluding hydrogens is 254 g/mol. The predicted molar refractivity (Wildman–Crippen MR) is 76.2 cm³/mol. The Morgan fingerprint density at radius 2 is 1.85 bits per heavy atom. The number of methoxy groups -OCH3 is 1. The Balaban J connectivity index is 1.97. The number of nitrogen functional groups attached to an aromatic ring is 1. The highest BCUT2D eigenvalue weighted by molar-refractivity contribution is 5.48. The summed E-state index contributed by atoms with van der Waals surface area (Å²) in [5, 5.41) is 0. The third kappa shape index (κ3) is 2.39. The molecule has 0 bridgehead atoms. The Bertz CT molecular complexity index is 639. The first-order valence-electron chi connectivity index (χ1n) is 6.64. The number of rotatable bonds is 4. The lowest BCUT2D eigenvalue weighted by atomic mass is 10.3. The topological polar surface area (TPSA) is 70.3 Å². The van der Waals surface area contributed by atoms with Gasteiger partial charge in [0.1, 0.15) is 11.6 Å². The summed E-state index contributed by atoms with van der Waals surface area (Å²) in [7, 11) is 1.61. The second kappa shape index (κ2) is 5.00. The minimum absolute atomic E-state index is 0.429. The van der Waals surface area contributed by atoms with E-state index in [0.29, 0.717) is 29.1 Å². The van der Waals surface area contributed by atoms with Gasteiger partial charge >= 0.3 is 0 Å². The van der Waals surface area contributed by atoms with E-state index in [1.807, 2.05) is 31.2 Å². The minimum Gasteiger partial charge on any atom is -0.493 e. The minimum atomic E-state index is 0.429. The average molecular weight is 271 g/mol. The number of hydrogen-bond donors (Lipinski definition) is 1. The van der Waals surface area contributed by atoms with Crippen LogP contribution in [-0.4, -0.2) is 17.1 Å². The quantitative estimate of drug-likeness (QED) is 0.925. The van der Waals surface area contributed by atoms with Crippen LogP contribution in [0.15, 0.2) is 24.3 Å². The van der Waals surface area contributed by atoms with Gasteiger partial charge < -0.3 is 15.2 Å². The molecule has 2 N–H and O–H groups in total. The Hall–Kier alpha value is -2.30. The van der Waals surface area contributed by atoms with Gasteiger partial charge in [0.05, 0.1) is 12.7 Å². The SMILES string of the molecule is COc1ccccc1Oc1nc(C2CC2)nc(N)c1C. The molecular formula is C15H17N3O2. The Labute approximate surface area is 117 Å². The molecule has 0 atom stereocenters. The number of para-hydroxylation sites is 2. The molecule has 1 fully saturated rings. The molecule has 0 unspecified atom stereocenters. The lowest BCUT2D eigenvalue weighted by molar-refractivity contribution is 0.372. The molecule has 5 nitrogen and oxygen atoms in total. The first-order chi connectivity index (χ1) is 9.69. The van der Waals surface area contributed by atoms with Crippen LogP contribution in [0.25, 0.3) is 0 Å². The first kappa shape index (κ1) is 12.7. The van der Waals surface area contributed by atoms with Crippen molar-refractivity contribution in [3.05, 3.63) is 35.7 Å². The Morgan fingerprint density at radius 3 is 2.50 bits per heavy atom. The molecule has 5 heteroatoms. The van der Waals surface area contributed by atoms with Crippen LogP contribution in [0, 0.1) is 6.92 Å². The molecule has 1 aliphatic carbocycles. The molecule has 2 aromatic rings. The molecule has 1 heterocycles. The van der Waals surface area contributed by atoms with Gasteiger partial charge in [0, 0.05) is 5.92 Å². The number of benzene rings is 1. The van der Waals surface area contributed by atoms with Crippen LogP contribution in [-0.2, 0) is 0 Å². The van der Waals surface area contributed by atoms with Crippen molar-refractivity contribution < 1.29 is 9.47 Å². The van der Waals surface area contributed by atoms with E-state index in [0.717, 1.165) is 24.2 Å². The number of nitrogens with zero attached hydrogens (tertiary/aromatic N) is 2. The summed E-state index contributed by atoms with van der Waals surface area (Å²) < 4.78 is 11.2. The van der Waals surface area contributed by atoms with E-state index in [9.17, 15) is 0 Å². The van der Waals surface area contributed by atoms with E-state index in [1.54, 1.807) is 7.11 Å². The van der Waals surface area contributed by atoms with Gasteiger partial charge in [-0.15, -0.1) is 0 Å². The largest absolute Gasteiger partial charge is 0.493 e. The monoisotopic (exact) mass is 271 g/mol. The van der Waals surface area contributed by atoms with E-state index in [4.69, 9.17) is 15.2 Å². The highest BCUT2D eigenvalue weighted by atomic mass is 16.5. The van der Waals surface area contributed by atoms with Gasteiger partial charge in [0.25, 0.3) is 0 Å². The molecule has 104 valence electrons.